The maximum Gasteiger partial charge on any atom is 0.212 e. The lowest BCUT2D eigenvalue weighted by atomic mass is 10.1. The summed E-state index contributed by atoms with van der Waals surface area (Å²) in [6.45, 7) is 0. The van der Waals surface area contributed by atoms with E-state index >= 15 is 0 Å². The number of benzene rings is 1. The average Bonchev–Trinajstić information content (AvgIpc) is 2.24. The van der Waals surface area contributed by atoms with E-state index in [2.05, 4.69) is 4.98 Å². The van der Waals surface area contributed by atoms with Crippen molar-refractivity contribution in [1.82, 2.24) is 4.98 Å². The summed E-state index contributed by atoms with van der Waals surface area (Å²) in [5.74, 6) is -2.54. The molecule has 76 valence electrons. The van der Waals surface area contributed by atoms with Crippen molar-refractivity contribution in [1.29, 1.82) is 0 Å². The van der Waals surface area contributed by atoms with Crippen LogP contribution < -0.4 is 0 Å². The van der Waals surface area contributed by atoms with E-state index in [4.69, 9.17) is 0 Å². The summed E-state index contributed by atoms with van der Waals surface area (Å²) in [7, 11) is 0. The van der Waals surface area contributed by atoms with Crippen molar-refractivity contribution in [2.45, 2.75) is 0 Å². The van der Waals surface area contributed by atoms with E-state index in [1.807, 2.05) is 0 Å². The Labute approximate surface area is 84.2 Å². The molecule has 2 aromatic rings. The highest BCUT2D eigenvalue weighted by molar-refractivity contribution is 5.62. The van der Waals surface area contributed by atoms with Crippen LogP contribution in [0.25, 0.3) is 11.1 Å². The van der Waals surface area contributed by atoms with Crippen molar-refractivity contribution in [3.63, 3.8) is 0 Å². The second-order valence-electron chi connectivity index (χ2n) is 2.97. The lowest BCUT2D eigenvalue weighted by Crippen LogP contribution is -1.90. The number of rotatable bonds is 1. The molecule has 0 bridgehead atoms. The van der Waals surface area contributed by atoms with Gasteiger partial charge in [-0.1, -0.05) is 12.1 Å². The van der Waals surface area contributed by atoms with E-state index in [1.165, 1.54) is 18.2 Å². The molecule has 0 saturated heterocycles. The summed E-state index contributed by atoms with van der Waals surface area (Å²) in [6, 6.07) is 6.26. The zero-order chi connectivity index (χ0) is 10.8. The molecule has 0 fully saturated rings. The average molecular weight is 209 g/mol. The fraction of sp³-hybridized carbons (Fsp3) is 0. The first-order valence-corrected chi connectivity index (χ1v) is 4.24. The molecule has 0 atom stereocenters. The van der Waals surface area contributed by atoms with Gasteiger partial charge in [-0.15, -0.1) is 0 Å². The van der Waals surface area contributed by atoms with E-state index < -0.39 is 17.6 Å². The number of hydrogen-bond acceptors (Lipinski definition) is 1. The number of aromatic nitrogens is 1. The van der Waals surface area contributed by atoms with Crippen LogP contribution in [0.4, 0.5) is 13.2 Å². The van der Waals surface area contributed by atoms with Crippen molar-refractivity contribution >= 4 is 0 Å². The maximum absolute atomic E-state index is 13.3. The van der Waals surface area contributed by atoms with Crippen LogP contribution >= 0.6 is 0 Å². The first-order chi connectivity index (χ1) is 7.18. The van der Waals surface area contributed by atoms with Crippen LogP contribution in [0.15, 0.2) is 36.5 Å². The summed E-state index contributed by atoms with van der Waals surface area (Å²) in [5, 5.41) is 0. The number of halogens is 3. The number of hydrogen-bond donors (Lipinski definition) is 0. The molecule has 0 aliphatic carbocycles. The second kappa shape index (κ2) is 3.73. The molecule has 0 amide bonds. The van der Waals surface area contributed by atoms with Gasteiger partial charge < -0.3 is 0 Å². The zero-order valence-electron chi connectivity index (χ0n) is 7.55. The third-order valence-electron chi connectivity index (χ3n) is 1.99. The molecule has 1 aromatic heterocycles. The molecular formula is C11H6F3N. The van der Waals surface area contributed by atoms with Gasteiger partial charge in [0.05, 0.1) is 0 Å². The Morgan fingerprint density at radius 1 is 0.933 bits per heavy atom. The van der Waals surface area contributed by atoms with E-state index in [0.717, 1.165) is 18.3 Å². The van der Waals surface area contributed by atoms with Crippen molar-refractivity contribution in [2.24, 2.45) is 0 Å². The normalized spacial score (nSPS) is 10.3. The van der Waals surface area contributed by atoms with Crippen molar-refractivity contribution in [2.75, 3.05) is 0 Å². The van der Waals surface area contributed by atoms with Crippen LogP contribution in [-0.4, -0.2) is 4.98 Å². The molecule has 0 aliphatic rings. The molecule has 15 heavy (non-hydrogen) atoms. The van der Waals surface area contributed by atoms with Gasteiger partial charge in [-0.25, -0.2) is 13.8 Å². The van der Waals surface area contributed by atoms with Crippen LogP contribution in [-0.2, 0) is 0 Å². The molecule has 1 aromatic carbocycles. The third kappa shape index (κ3) is 1.83. The lowest BCUT2D eigenvalue weighted by molar-refractivity contribution is 0.511. The minimum Gasteiger partial charge on any atom is -0.228 e. The third-order valence-corrected chi connectivity index (χ3v) is 1.99. The SMILES string of the molecule is Fc1ccc(-c2cccc(F)c2F)cn1. The van der Waals surface area contributed by atoms with Crippen LogP contribution in [0.5, 0.6) is 0 Å². The minimum atomic E-state index is -0.953. The molecule has 1 nitrogen and oxygen atoms in total. The number of nitrogens with zero attached hydrogens (tertiary/aromatic N) is 1. The van der Waals surface area contributed by atoms with Gasteiger partial charge in [0.25, 0.3) is 0 Å². The monoisotopic (exact) mass is 209 g/mol. The predicted molar refractivity (Wildman–Crippen MR) is 49.5 cm³/mol. The Bertz CT molecular complexity index is 480. The highest BCUT2D eigenvalue weighted by Gasteiger charge is 2.09. The molecule has 1 heterocycles. The Hall–Kier alpha value is -1.84. The van der Waals surface area contributed by atoms with Gasteiger partial charge in [0.2, 0.25) is 5.95 Å². The zero-order valence-corrected chi connectivity index (χ0v) is 7.55. The van der Waals surface area contributed by atoms with E-state index in [-0.39, 0.29) is 5.56 Å². The Kier molecular flexibility index (Phi) is 2.41. The Morgan fingerprint density at radius 3 is 2.40 bits per heavy atom. The molecule has 2 rings (SSSR count). The second-order valence-corrected chi connectivity index (χ2v) is 2.97. The molecule has 0 spiro atoms. The van der Waals surface area contributed by atoms with Gasteiger partial charge in [-0.05, 0) is 18.2 Å². The molecule has 0 radical (unpaired) electrons. The lowest BCUT2D eigenvalue weighted by Gasteiger charge is -2.02. The number of pyridine rings is 1. The van der Waals surface area contributed by atoms with Gasteiger partial charge in [0.1, 0.15) is 0 Å². The molecule has 4 heteroatoms. The van der Waals surface area contributed by atoms with Crippen molar-refractivity contribution in [3.05, 3.63) is 54.1 Å². The smallest absolute Gasteiger partial charge is 0.212 e. The molecule has 0 unspecified atom stereocenters. The molecular weight excluding hydrogens is 203 g/mol. The van der Waals surface area contributed by atoms with Crippen molar-refractivity contribution in [3.8, 4) is 11.1 Å². The summed E-state index contributed by atoms with van der Waals surface area (Å²) in [4.78, 5) is 3.37. The summed E-state index contributed by atoms with van der Waals surface area (Å²) >= 11 is 0. The van der Waals surface area contributed by atoms with Gasteiger partial charge >= 0.3 is 0 Å². The van der Waals surface area contributed by atoms with Crippen LogP contribution in [0.3, 0.4) is 0 Å². The molecule has 0 aliphatic heterocycles. The van der Waals surface area contributed by atoms with Gasteiger partial charge in [0.15, 0.2) is 11.6 Å². The van der Waals surface area contributed by atoms with Gasteiger partial charge in [0, 0.05) is 17.3 Å². The summed E-state index contributed by atoms with van der Waals surface area (Å²) in [6.07, 6.45) is 1.16. The summed E-state index contributed by atoms with van der Waals surface area (Å²) < 4.78 is 38.7. The highest BCUT2D eigenvalue weighted by atomic mass is 19.2. The quantitative estimate of drug-likeness (QED) is 0.657. The van der Waals surface area contributed by atoms with Crippen LogP contribution in [0.1, 0.15) is 0 Å². The Balaban J connectivity index is 2.54. The van der Waals surface area contributed by atoms with E-state index in [0.29, 0.717) is 5.56 Å². The standard InChI is InChI=1S/C11H6F3N/c12-9-3-1-2-8(11(9)14)7-4-5-10(13)15-6-7/h1-6H. The van der Waals surface area contributed by atoms with E-state index in [9.17, 15) is 13.2 Å². The predicted octanol–water partition coefficient (Wildman–Crippen LogP) is 3.17. The first-order valence-electron chi connectivity index (χ1n) is 4.24. The fourth-order valence-corrected chi connectivity index (χ4v) is 1.26. The molecule has 0 saturated carbocycles. The molecule has 0 N–H and O–H groups in total. The Morgan fingerprint density at radius 2 is 1.73 bits per heavy atom. The largest absolute Gasteiger partial charge is 0.228 e. The van der Waals surface area contributed by atoms with Crippen molar-refractivity contribution < 1.29 is 13.2 Å². The van der Waals surface area contributed by atoms with Crippen LogP contribution in [0.2, 0.25) is 0 Å². The van der Waals surface area contributed by atoms with Gasteiger partial charge in [-0.3, -0.25) is 0 Å². The topological polar surface area (TPSA) is 12.9 Å². The maximum atomic E-state index is 13.3. The fourth-order valence-electron chi connectivity index (χ4n) is 1.26. The van der Waals surface area contributed by atoms with Gasteiger partial charge in [-0.2, -0.15) is 4.39 Å². The van der Waals surface area contributed by atoms with E-state index in [1.54, 1.807) is 0 Å². The highest BCUT2D eigenvalue weighted by Crippen LogP contribution is 2.23. The van der Waals surface area contributed by atoms with Crippen LogP contribution in [0, 0.1) is 17.6 Å². The summed E-state index contributed by atoms with van der Waals surface area (Å²) in [5.41, 5.74) is 0.413. The minimum absolute atomic E-state index is 0.0718. The first kappa shape index (κ1) is 9.71.